The van der Waals surface area contributed by atoms with Gasteiger partial charge >= 0.3 is 0 Å². The van der Waals surface area contributed by atoms with E-state index < -0.39 is 0 Å². The molecule has 0 fully saturated rings. The monoisotopic (exact) mass is 334 g/mol. The number of hydrogen-bond acceptors (Lipinski definition) is 0. The summed E-state index contributed by atoms with van der Waals surface area (Å²) in [6.45, 7) is 16.3. The fourth-order valence-electron chi connectivity index (χ4n) is 4.02. The molecule has 2 aromatic rings. The molecule has 2 heteroatoms. The molecular weight excluding hydrogens is 304 g/mol. The standard InChI is InChI=1S/C23H30N2/c1-6-24(5)23(4)15-14-19-11-7-8-12-20(19)21-13-9-10-17-25(21)18-16-22(23,2)3/h6-13,17H,1,5,14-16,18H2,2-4H3/q+2. The van der Waals surface area contributed by atoms with Crippen molar-refractivity contribution >= 4 is 6.72 Å². The summed E-state index contributed by atoms with van der Waals surface area (Å²) in [6.07, 6.45) is 7.26. The minimum Gasteiger partial charge on any atom is -0.207 e. The molecule has 0 aliphatic carbocycles. The van der Waals surface area contributed by atoms with Crippen molar-refractivity contribution in [1.82, 2.24) is 0 Å². The summed E-state index contributed by atoms with van der Waals surface area (Å²) in [4.78, 5) is 0. The smallest absolute Gasteiger partial charge is 0.207 e. The quantitative estimate of drug-likeness (QED) is 0.559. The van der Waals surface area contributed by atoms with Crippen molar-refractivity contribution in [2.45, 2.75) is 52.1 Å². The molecule has 2 heterocycles. The van der Waals surface area contributed by atoms with Gasteiger partial charge in [-0.2, -0.15) is 4.57 Å². The Bertz CT molecular complexity index is 803. The van der Waals surface area contributed by atoms with E-state index in [9.17, 15) is 0 Å². The maximum absolute atomic E-state index is 4.28. The second kappa shape index (κ2) is 6.59. The molecule has 0 radical (unpaired) electrons. The fraction of sp³-hybridized carbons (Fsp3) is 0.391. The Labute approximate surface area is 152 Å². The summed E-state index contributed by atoms with van der Waals surface area (Å²) < 4.78 is 4.47. The minimum absolute atomic E-state index is 0.0469. The minimum atomic E-state index is -0.0469. The molecule has 0 saturated carbocycles. The van der Waals surface area contributed by atoms with Gasteiger partial charge in [0.15, 0.2) is 17.9 Å². The molecule has 1 unspecified atom stereocenters. The molecule has 1 aliphatic rings. The molecule has 130 valence electrons. The highest BCUT2D eigenvalue weighted by molar-refractivity contribution is 5.61. The van der Waals surface area contributed by atoms with E-state index in [-0.39, 0.29) is 11.0 Å². The first-order valence-corrected chi connectivity index (χ1v) is 9.18. The molecule has 25 heavy (non-hydrogen) atoms. The molecule has 0 amide bonds. The van der Waals surface area contributed by atoms with Gasteiger partial charge in [0.25, 0.3) is 0 Å². The molecule has 1 aromatic heterocycles. The zero-order chi connectivity index (χ0) is 18.1. The highest BCUT2D eigenvalue weighted by Gasteiger charge is 2.49. The number of aryl methyl sites for hydroxylation is 2. The van der Waals surface area contributed by atoms with Gasteiger partial charge in [0, 0.05) is 42.9 Å². The fourth-order valence-corrected chi connectivity index (χ4v) is 4.02. The van der Waals surface area contributed by atoms with E-state index in [1.54, 1.807) is 0 Å². The molecule has 0 saturated heterocycles. The second-order valence-electron chi connectivity index (χ2n) is 8.00. The van der Waals surface area contributed by atoms with E-state index in [4.69, 9.17) is 0 Å². The van der Waals surface area contributed by atoms with Gasteiger partial charge in [-0.1, -0.05) is 32.0 Å². The third-order valence-corrected chi connectivity index (χ3v) is 6.41. The van der Waals surface area contributed by atoms with Crippen LogP contribution < -0.4 is 4.57 Å². The van der Waals surface area contributed by atoms with Gasteiger partial charge in [0.2, 0.25) is 5.69 Å². The van der Waals surface area contributed by atoms with Gasteiger partial charge in [-0.05, 0) is 30.7 Å². The molecule has 0 bridgehead atoms. The zero-order valence-electron chi connectivity index (χ0n) is 15.8. The Kier molecular flexibility index (Phi) is 4.64. The van der Waals surface area contributed by atoms with Gasteiger partial charge in [-0.25, -0.2) is 4.58 Å². The van der Waals surface area contributed by atoms with Crippen LogP contribution in [0.5, 0.6) is 0 Å². The number of nitrogens with zero attached hydrogens (tertiary/aromatic N) is 2. The summed E-state index contributed by atoms with van der Waals surface area (Å²) in [7, 11) is 0. The molecule has 1 atom stereocenters. The van der Waals surface area contributed by atoms with Gasteiger partial charge in [-0.15, -0.1) is 0 Å². The third kappa shape index (κ3) is 3.06. The normalized spacial score (nSPS) is 22.4. The van der Waals surface area contributed by atoms with Crippen LogP contribution in [0.2, 0.25) is 0 Å². The Hall–Kier alpha value is -2.22. The van der Waals surface area contributed by atoms with Crippen molar-refractivity contribution in [2.75, 3.05) is 0 Å². The molecule has 2 nitrogen and oxygen atoms in total. The first-order chi connectivity index (χ1) is 11.9. The lowest BCUT2D eigenvalue weighted by Gasteiger charge is -2.40. The van der Waals surface area contributed by atoms with E-state index in [1.807, 2.05) is 6.20 Å². The Morgan fingerprint density at radius 1 is 1.04 bits per heavy atom. The Balaban J connectivity index is 2.15. The van der Waals surface area contributed by atoms with Crippen LogP contribution in [0.15, 0.2) is 61.4 Å². The van der Waals surface area contributed by atoms with Crippen LogP contribution in [-0.4, -0.2) is 16.8 Å². The predicted molar refractivity (Wildman–Crippen MR) is 105 cm³/mol. The summed E-state index contributed by atoms with van der Waals surface area (Å²) in [5.74, 6) is 0. The highest BCUT2D eigenvalue weighted by atomic mass is 15.1. The number of hydrogen-bond donors (Lipinski definition) is 0. The largest absolute Gasteiger partial charge is 0.212 e. The van der Waals surface area contributed by atoms with E-state index in [0.29, 0.717) is 0 Å². The first-order valence-electron chi connectivity index (χ1n) is 9.18. The van der Waals surface area contributed by atoms with Crippen LogP contribution in [0.1, 0.15) is 39.2 Å². The maximum Gasteiger partial charge on any atom is 0.212 e. The summed E-state index contributed by atoms with van der Waals surface area (Å²) >= 11 is 0. The Morgan fingerprint density at radius 3 is 2.52 bits per heavy atom. The lowest BCUT2D eigenvalue weighted by molar-refractivity contribution is -0.690. The third-order valence-electron chi connectivity index (χ3n) is 6.41. The topological polar surface area (TPSA) is 6.89 Å². The second-order valence-corrected chi connectivity index (χ2v) is 8.00. The first kappa shape index (κ1) is 17.6. The van der Waals surface area contributed by atoms with E-state index in [1.165, 1.54) is 16.8 Å². The lowest BCUT2D eigenvalue weighted by Crippen LogP contribution is -2.52. The number of benzene rings is 1. The van der Waals surface area contributed by atoms with Crippen LogP contribution in [0, 0.1) is 5.41 Å². The summed E-state index contributed by atoms with van der Waals surface area (Å²) in [6, 6.07) is 15.3. The van der Waals surface area contributed by atoms with Crippen molar-refractivity contribution in [3.8, 4) is 11.3 Å². The van der Waals surface area contributed by atoms with Gasteiger partial charge < -0.3 is 0 Å². The SMILES string of the molecule is C=C[N+](=C)C1(C)CCc2ccccc2-c2cccc[n+]2CCC1(C)C. The number of pyridine rings is 1. The van der Waals surface area contributed by atoms with Gasteiger partial charge in [0.1, 0.15) is 13.3 Å². The molecular formula is C23H30N2+2. The van der Waals surface area contributed by atoms with Crippen LogP contribution in [0.25, 0.3) is 11.3 Å². The highest BCUT2D eigenvalue weighted by Crippen LogP contribution is 2.41. The number of aromatic nitrogens is 1. The zero-order valence-corrected chi connectivity index (χ0v) is 15.8. The van der Waals surface area contributed by atoms with E-state index >= 15 is 0 Å². The summed E-state index contributed by atoms with van der Waals surface area (Å²) in [5.41, 5.74) is 4.13. The maximum atomic E-state index is 4.28. The van der Waals surface area contributed by atoms with E-state index in [0.717, 1.165) is 25.8 Å². The van der Waals surface area contributed by atoms with Crippen LogP contribution in [-0.2, 0) is 13.0 Å². The predicted octanol–water partition coefficient (Wildman–Crippen LogP) is 4.62. The van der Waals surface area contributed by atoms with Crippen molar-refractivity contribution in [3.05, 3.63) is 67.0 Å². The van der Waals surface area contributed by atoms with Crippen LogP contribution in [0.4, 0.5) is 0 Å². The van der Waals surface area contributed by atoms with Crippen LogP contribution >= 0.6 is 0 Å². The average Bonchev–Trinajstić information content (AvgIpc) is 2.63. The van der Waals surface area contributed by atoms with Gasteiger partial charge in [-0.3, -0.25) is 0 Å². The van der Waals surface area contributed by atoms with Crippen molar-refractivity contribution in [3.63, 3.8) is 0 Å². The number of fused-ring (bicyclic) bond motifs is 3. The van der Waals surface area contributed by atoms with E-state index in [2.05, 4.69) is 91.9 Å². The summed E-state index contributed by atoms with van der Waals surface area (Å²) in [5, 5.41) is 0. The lowest BCUT2D eigenvalue weighted by atomic mass is 9.67. The number of rotatable bonds is 2. The van der Waals surface area contributed by atoms with Crippen molar-refractivity contribution < 1.29 is 9.14 Å². The molecule has 1 aromatic carbocycles. The molecule has 3 rings (SSSR count). The Morgan fingerprint density at radius 2 is 1.76 bits per heavy atom. The molecule has 0 N–H and O–H groups in total. The van der Waals surface area contributed by atoms with Crippen molar-refractivity contribution in [1.29, 1.82) is 0 Å². The van der Waals surface area contributed by atoms with Crippen LogP contribution in [0.3, 0.4) is 0 Å². The van der Waals surface area contributed by atoms with Crippen molar-refractivity contribution in [2.24, 2.45) is 5.41 Å². The molecule has 0 spiro atoms. The molecule has 1 aliphatic heterocycles. The van der Waals surface area contributed by atoms with Gasteiger partial charge in [0.05, 0.1) is 0 Å². The average molecular weight is 335 g/mol.